The third-order valence-corrected chi connectivity index (χ3v) is 3.71. The Hall–Kier alpha value is -2.37. The molecule has 0 fully saturated rings. The van der Waals surface area contributed by atoms with Crippen molar-refractivity contribution in [2.45, 2.75) is 19.3 Å². The fraction of sp³-hybridized carbons (Fsp3) is 0.222. The minimum absolute atomic E-state index is 0.133. The van der Waals surface area contributed by atoms with Gasteiger partial charge in [-0.2, -0.15) is 0 Å². The van der Waals surface area contributed by atoms with Crippen LogP contribution in [0.5, 0.6) is 0 Å². The van der Waals surface area contributed by atoms with Crippen molar-refractivity contribution in [3.05, 3.63) is 59.1 Å². The highest BCUT2D eigenvalue weighted by atomic mass is 35.5. The molecule has 6 heteroatoms. The number of hydrogen-bond acceptors (Lipinski definition) is 3. The first-order valence-electron chi connectivity index (χ1n) is 7.71. The fourth-order valence-electron chi connectivity index (χ4n) is 2.17. The smallest absolute Gasteiger partial charge is 0.225 e. The summed E-state index contributed by atoms with van der Waals surface area (Å²) in [7, 11) is 0. The molecule has 5 nitrogen and oxygen atoms in total. The second kappa shape index (κ2) is 9.05. The molecule has 2 aromatic rings. The highest BCUT2D eigenvalue weighted by molar-refractivity contribution is 6.33. The molecule has 2 aromatic carbocycles. The normalized spacial score (nSPS) is 10.2. The number of halogens is 1. The average molecular weight is 346 g/mol. The Balaban J connectivity index is 1.95. The van der Waals surface area contributed by atoms with Crippen molar-refractivity contribution in [3.63, 3.8) is 0 Å². The van der Waals surface area contributed by atoms with Crippen LogP contribution < -0.4 is 16.4 Å². The number of nitrogens with one attached hydrogen (secondary N) is 2. The van der Waals surface area contributed by atoms with Crippen LogP contribution in [0.4, 0.5) is 11.4 Å². The number of nitrogens with two attached hydrogens (primary N) is 1. The van der Waals surface area contributed by atoms with E-state index in [0.29, 0.717) is 29.2 Å². The maximum atomic E-state index is 12.1. The number of anilines is 2. The summed E-state index contributed by atoms with van der Waals surface area (Å²) >= 11 is 6.11. The van der Waals surface area contributed by atoms with Gasteiger partial charge in [0.05, 0.1) is 10.7 Å². The Morgan fingerprint density at radius 1 is 0.958 bits per heavy atom. The Bertz CT molecular complexity index is 705. The van der Waals surface area contributed by atoms with Crippen molar-refractivity contribution in [3.8, 4) is 0 Å². The zero-order chi connectivity index (χ0) is 17.4. The van der Waals surface area contributed by atoms with Crippen LogP contribution in [0.2, 0.25) is 5.02 Å². The fourth-order valence-corrected chi connectivity index (χ4v) is 2.33. The molecular formula is C18H20ClN3O2. The van der Waals surface area contributed by atoms with Crippen molar-refractivity contribution in [2.24, 2.45) is 5.73 Å². The molecule has 0 spiro atoms. The van der Waals surface area contributed by atoms with Gasteiger partial charge in [0, 0.05) is 25.1 Å². The standard InChI is InChI=1S/C18H20ClN3O2/c19-15-8-7-14(21-18(24)10-11-20)12-16(15)22-17(23)9-6-13-4-2-1-3-5-13/h1-5,7-8,12H,6,9-11,20H2,(H,21,24)(H,22,23). The summed E-state index contributed by atoms with van der Waals surface area (Å²) in [5.74, 6) is -0.313. The molecule has 0 aliphatic rings. The highest BCUT2D eigenvalue weighted by Crippen LogP contribution is 2.26. The number of rotatable bonds is 7. The molecule has 0 heterocycles. The van der Waals surface area contributed by atoms with E-state index < -0.39 is 0 Å². The number of carbonyl (C=O) groups excluding carboxylic acids is 2. The molecule has 0 unspecified atom stereocenters. The maximum Gasteiger partial charge on any atom is 0.225 e. The molecule has 4 N–H and O–H groups in total. The predicted molar refractivity (Wildman–Crippen MR) is 97.1 cm³/mol. The number of hydrogen-bond donors (Lipinski definition) is 3. The molecule has 0 saturated heterocycles. The lowest BCUT2D eigenvalue weighted by molar-refractivity contribution is -0.116. The summed E-state index contributed by atoms with van der Waals surface area (Å²) < 4.78 is 0. The van der Waals surface area contributed by atoms with Gasteiger partial charge in [-0.3, -0.25) is 9.59 Å². The summed E-state index contributed by atoms with van der Waals surface area (Å²) in [5, 5.41) is 5.91. The van der Waals surface area contributed by atoms with Crippen LogP contribution >= 0.6 is 11.6 Å². The van der Waals surface area contributed by atoms with Gasteiger partial charge in [0.15, 0.2) is 0 Å². The monoisotopic (exact) mass is 345 g/mol. The summed E-state index contributed by atoms with van der Waals surface area (Å²) in [4.78, 5) is 23.7. The van der Waals surface area contributed by atoms with Gasteiger partial charge in [0.25, 0.3) is 0 Å². The average Bonchev–Trinajstić information content (AvgIpc) is 2.57. The van der Waals surface area contributed by atoms with Crippen molar-refractivity contribution in [1.29, 1.82) is 0 Å². The first kappa shape index (κ1) is 18.0. The Morgan fingerprint density at radius 2 is 1.67 bits per heavy atom. The van der Waals surface area contributed by atoms with E-state index >= 15 is 0 Å². The first-order valence-corrected chi connectivity index (χ1v) is 8.09. The third-order valence-electron chi connectivity index (χ3n) is 3.38. The molecule has 2 amide bonds. The van der Waals surface area contributed by atoms with Gasteiger partial charge in [-0.15, -0.1) is 0 Å². The number of carbonyl (C=O) groups is 2. The quantitative estimate of drug-likeness (QED) is 0.720. The summed E-state index contributed by atoms with van der Waals surface area (Å²) in [5.41, 5.74) is 7.48. The van der Waals surface area contributed by atoms with Crippen LogP contribution in [0.15, 0.2) is 48.5 Å². The second-order valence-corrected chi connectivity index (χ2v) is 5.72. The Morgan fingerprint density at radius 3 is 2.38 bits per heavy atom. The van der Waals surface area contributed by atoms with Gasteiger partial charge in [0.2, 0.25) is 11.8 Å². The predicted octanol–water partition coefficient (Wildman–Crippen LogP) is 3.20. The maximum absolute atomic E-state index is 12.1. The second-order valence-electron chi connectivity index (χ2n) is 5.32. The van der Waals surface area contributed by atoms with E-state index in [1.807, 2.05) is 30.3 Å². The van der Waals surface area contributed by atoms with Crippen LogP contribution in [0.3, 0.4) is 0 Å². The zero-order valence-electron chi connectivity index (χ0n) is 13.2. The molecule has 2 rings (SSSR count). The van der Waals surface area contributed by atoms with Gasteiger partial charge in [-0.25, -0.2) is 0 Å². The summed E-state index contributed by atoms with van der Waals surface area (Å²) in [6.07, 6.45) is 1.24. The van der Waals surface area contributed by atoms with Crippen molar-refractivity contribution >= 4 is 34.8 Å². The molecular weight excluding hydrogens is 326 g/mol. The summed E-state index contributed by atoms with van der Waals surface area (Å²) in [6.45, 7) is 0.280. The SMILES string of the molecule is NCCC(=O)Nc1ccc(Cl)c(NC(=O)CCc2ccccc2)c1. The van der Waals surface area contributed by atoms with Crippen molar-refractivity contribution < 1.29 is 9.59 Å². The van der Waals surface area contributed by atoms with E-state index in [9.17, 15) is 9.59 Å². The summed E-state index contributed by atoms with van der Waals surface area (Å²) in [6, 6.07) is 14.7. The molecule has 0 radical (unpaired) electrons. The van der Waals surface area contributed by atoms with Gasteiger partial charge >= 0.3 is 0 Å². The lowest BCUT2D eigenvalue weighted by atomic mass is 10.1. The van der Waals surface area contributed by atoms with Crippen LogP contribution in [0, 0.1) is 0 Å². The molecule has 0 saturated carbocycles. The lowest BCUT2D eigenvalue weighted by Gasteiger charge is -2.10. The largest absolute Gasteiger partial charge is 0.330 e. The molecule has 126 valence electrons. The van der Waals surface area contributed by atoms with Crippen LogP contribution in [-0.4, -0.2) is 18.4 Å². The lowest BCUT2D eigenvalue weighted by Crippen LogP contribution is -2.17. The molecule has 0 aliphatic heterocycles. The zero-order valence-corrected chi connectivity index (χ0v) is 14.0. The Labute approximate surface area is 146 Å². The minimum atomic E-state index is -0.179. The molecule has 0 bridgehead atoms. The van der Waals surface area contributed by atoms with Crippen LogP contribution in [0.25, 0.3) is 0 Å². The Kier molecular flexibility index (Phi) is 6.78. The van der Waals surface area contributed by atoms with E-state index in [0.717, 1.165) is 5.56 Å². The van der Waals surface area contributed by atoms with E-state index in [2.05, 4.69) is 10.6 Å². The molecule has 0 aliphatic carbocycles. The van der Waals surface area contributed by atoms with Gasteiger partial charge in [-0.05, 0) is 30.2 Å². The van der Waals surface area contributed by atoms with Crippen molar-refractivity contribution in [1.82, 2.24) is 0 Å². The van der Waals surface area contributed by atoms with Gasteiger partial charge < -0.3 is 16.4 Å². The van der Waals surface area contributed by atoms with Gasteiger partial charge in [-0.1, -0.05) is 41.9 Å². The van der Waals surface area contributed by atoms with Crippen LogP contribution in [-0.2, 0) is 16.0 Å². The van der Waals surface area contributed by atoms with E-state index in [4.69, 9.17) is 17.3 Å². The highest BCUT2D eigenvalue weighted by Gasteiger charge is 2.09. The van der Waals surface area contributed by atoms with Crippen molar-refractivity contribution in [2.75, 3.05) is 17.2 Å². The van der Waals surface area contributed by atoms with E-state index in [1.54, 1.807) is 18.2 Å². The number of benzene rings is 2. The van der Waals surface area contributed by atoms with Crippen LogP contribution in [0.1, 0.15) is 18.4 Å². The first-order chi connectivity index (χ1) is 11.6. The van der Waals surface area contributed by atoms with E-state index in [1.165, 1.54) is 0 Å². The molecule has 0 aromatic heterocycles. The van der Waals surface area contributed by atoms with E-state index in [-0.39, 0.29) is 24.8 Å². The van der Waals surface area contributed by atoms with Gasteiger partial charge in [0.1, 0.15) is 0 Å². The number of amides is 2. The molecule has 24 heavy (non-hydrogen) atoms. The molecule has 0 atom stereocenters. The minimum Gasteiger partial charge on any atom is -0.330 e. The number of aryl methyl sites for hydroxylation is 1. The topological polar surface area (TPSA) is 84.2 Å². The third kappa shape index (κ3) is 5.68.